The molecule has 0 aromatic carbocycles. The molecule has 2 unspecified atom stereocenters. The maximum absolute atomic E-state index is 12.4. The highest BCUT2D eigenvalue weighted by molar-refractivity contribution is 5.85. The summed E-state index contributed by atoms with van der Waals surface area (Å²) in [5.41, 5.74) is 5.96. The average molecular weight is 261 g/mol. The molecule has 2 fully saturated rings. The molecule has 4 heteroatoms. The van der Waals surface area contributed by atoms with Gasteiger partial charge in [0, 0.05) is 24.5 Å². The fourth-order valence-corrected chi connectivity index (χ4v) is 2.79. The third kappa shape index (κ3) is 3.85. The van der Waals surface area contributed by atoms with Crippen LogP contribution in [0.5, 0.6) is 0 Å². The number of hydrogen-bond acceptors (Lipinski definition) is 2. The molecule has 2 saturated carbocycles. The Morgan fingerprint density at radius 3 is 2.53 bits per heavy atom. The quantitative estimate of drug-likeness (QED) is 0.843. The van der Waals surface area contributed by atoms with Gasteiger partial charge in [0.05, 0.1) is 0 Å². The minimum Gasteiger partial charge on any atom is -0.339 e. The fourth-order valence-electron chi connectivity index (χ4n) is 2.79. The van der Waals surface area contributed by atoms with E-state index in [1.54, 1.807) is 0 Å². The summed E-state index contributed by atoms with van der Waals surface area (Å²) in [4.78, 5) is 14.5. The van der Waals surface area contributed by atoms with E-state index >= 15 is 0 Å². The normalized spacial score (nSPS) is 28.4. The third-order valence-electron chi connectivity index (χ3n) is 3.80. The lowest BCUT2D eigenvalue weighted by Gasteiger charge is -2.31. The second-order valence-corrected chi connectivity index (χ2v) is 5.39. The van der Waals surface area contributed by atoms with Crippen LogP contribution in [0.2, 0.25) is 0 Å². The van der Waals surface area contributed by atoms with Crippen LogP contribution >= 0.6 is 12.4 Å². The Morgan fingerprint density at radius 1 is 1.29 bits per heavy atom. The van der Waals surface area contributed by atoms with E-state index in [0.29, 0.717) is 11.9 Å². The highest BCUT2D eigenvalue weighted by atomic mass is 35.5. The van der Waals surface area contributed by atoms with Gasteiger partial charge in [-0.15, -0.1) is 12.4 Å². The summed E-state index contributed by atoms with van der Waals surface area (Å²) in [6.07, 6.45) is 7.68. The Morgan fingerprint density at radius 2 is 2.00 bits per heavy atom. The topological polar surface area (TPSA) is 46.3 Å². The zero-order chi connectivity index (χ0) is 11.5. The number of amides is 1. The lowest BCUT2D eigenvalue weighted by molar-refractivity contribution is -0.137. The monoisotopic (exact) mass is 260 g/mol. The third-order valence-corrected chi connectivity index (χ3v) is 3.80. The van der Waals surface area contributed by atoms with E-state index in [1.165, 1.54) is 12.8 Å². The van der Waals surface area contributed by atoms with Crippen molar-refractivity contribution in [3.05, 3.63) is 0 Å². The van der Waals surface area contributed by atoms with Crippen molar-refractivity contribution in [2.45, 2.75) is 64.0 Å². The van der Waals surface area contributed by atoms with Gasteiger partial charge >= 0.3 is 0 Å². The molecule has 0 heterocycles. The molecule has 0 saturated heterocycles. The van der Waals surface area contributed by atoms with Crippen molar-refractivity contribution in [2.24, 2.45) is 11.7 Å². The predicted octanol–water partition coefficient (Wildman–Crippen LogP) is 2.33. The SMILES string of the molecule is CCCN(C(=O)C1CCCC(N)C1)C1CC1.Cl. The van der Waals surface area contributed by atoms with Crippen LogP contribution in [0, 0.1) is 5.92 Å². The Hall–Kier alpha value is -0.280. The molecule has 2 aliphatic rings. The second-order valence-electron chi connectivity index (χ2n) is 5.39. The van der Waals surface area contributed by atoms with Crippen molar-refractivity contribution in [1.82, 2.24) is 4.90 Å². The van der Waals surface area contributed by atoms with Crippen molar-refractivity contribution < 1.29 is 4.79 Å². The lowest BCUT2D eigenvalue weighted by atomic mass is 9.85. The highest BCUT2D eigenvalue weighted by Gasteiger charge is 2.36. The molecular weight excluding hydrogens is 236 g/mol. The second kappa shape index (κ2) is 6.60. The van der Waals surface area contributed by atoms with Crippen LogP contribution < -0.4 is 5.73 Å². The van der Waals surface area contributed by atoms with Gasteiger partial charge in [0.15, 0.2) is 0 Å². The first kappa shape index (κ1) is 14.8. The fraction of sp³-hybridized carbons (Fsp3) is 0.923. The summed E-state index contributed by atoms with van der Waals surface area (Å²) in [6.45, 7) is 3.09. The molecule has 0 bridgehead atoms. The van der Waals surface area contributed by atoms with Gasteiger partial charge in [-0.3, -0.25) is 4.79 Å². The van der Waals surface area contributed by atoms with Crippen LogP contribution in [0.1, 0.15) is 51.9 Å². The summed E-state index contributed by atoms with van der Waals surface area (Å²) in [5, 5.41) is 0. The van der Waals surface area contributed by atoms with Crippen molar-refractivity contribution in [3.63, 3.8) is 0 Å². The minimum atomic E-state index is 0. The number of rotatable bonds is 4. The summed E-state index contributed by atoms with van der Waals surface area (Å²) in [7, 11) is 0. The summed E-state index contributed by atoms with van der Waals surface area (Å²) in [5.74, 6) is 0.607. The summed E-state index contributed by atoms with van der Waals surface area (Å²) < 4.78 is 0. The minimum absolute atomic E-state index is 0. The Balaban J connectivity index is 0.00000144. The molecule has 2 N–H and O–H groups in total. The van der Waals surface area contributed by atoms with Crippen LogP contribution in [-0.2, 0) is 4.79 Å². The maximum Gasteiger partial charge on any atom is 0.225 e. The molecule has 100 valence electrons. The molecular formula is C13H25ClN2O. The lowest BCUT2D eigenvalue weighted by Crippen LogP contribution is -2.42. The predicted molar refractivity (Wildman–Crippen MR) is 72.2 cm³/mol. The molecule has 0 aromatic rings. The zero-order valence-corrected chi connectivity index (χ0v) is 11.5. The number of hydrogen-bond donors (Lipinski definition) is 1. The van der Waals surface area contributed by atoms with Crippen LogP contribution in [-0.4, -0.2) is 29.4 Å². The molecule has 3 nitrogen and oxygen atoms in total. The van der Waals surface area contributed by atoms with E-state index < -0.39 is 0 Å². The first-order valence-electron chi connectivity index (χ1n) is 6.78. The molecule has 0 aromatic heterocycles. The average Bonchev–Trinajstić information content (AvgIpc) is 3.09. The van der Waals surface area contributed by atoms with E-state index in [4.69, 9.17) is 5.73 Å². The molecule has 1 amide bonds. The summed E-state index contributed by atoms with van der Waals surface area (Å²) in [6, 6.07) is 0.816. The van der Waals surface area contributed by atoms with Gasteiger partial charge in [-0.25, -0.2) is 0 Å². The van der Waals surface area contributed by atoms with Crippen molar-refractivity contribution in [2.75, 3.05) is 6.54 Å². The van der Waals surface area contributed by atoms with E-state index in [2.05, 4.69) is 11.8 Å². The van der Waals surface area contributed by atoms with Crippen molar-refractivity contribution in [1.29, 1.82) is 0 Å². The van der Waals surface area contributed by atoms with E-state index in [9.17, 15) is 4.79 Å². The number of nitrogens with zero attached hydrogens (tertiary/aromatic N) is 1. The number of carbonyl (C=O) groups excluding carboxylic acids is 1. The zero-order valence-electron chi connectivity index (χ0n) is 10.7. The maximum atomic E-state index is 12.4. The van der Waals surface area contributed by atoms with E-state index in [-0.39, 0.29) is 24.4 Å². The Bertz CT molecular complexity index is 256. The first-order chi connectivity index (χ1) is 7.72. The van der Waals surface area contributed by atoms with Crippen LogP contribution in [0.25, 0.3) is 0 Å². The smallest absolute Gasteiger partial charge is 0.225 e. The van der Waals surface area contributed by atoms with Crippen molar-refractivity contribution >= 4 is 18.3 Å². The standard InChI is InChI=1S/C13H24N2O.ClH/c1-2-8-15(12-6-7-12)13(16)10-4-3-5-11(14)9-10;/h10-12H,2-9,14H2,1H3;1H. The van der Waals surface area contributed by atoms with E-state index in [0.717, 1.165) is 38.6 Å². The van der Waals surface area contributed by atoms with E-state index in [1.807, 2.05) is 0 Å². The van der Waals surface area contributed by atoms with Gasteiger partial charge in [0.2, 0.25) is 5.91 Å². The Kier molecular flexibility index (Phi) is 5.74. The number of carbonyl (C=O) groups is 1. The largest absolute Gasteiger partial charge is 0.339 e. The molecule has 0 spiro atoms. The van der Waals surface area contributed by atoms with Gasteiger partial charge in [-0.05, 0) is 38.5 Å². The number of nitrogens with two attached hydrogens (primary N) is 1. The van der Waals surface area contributed by atoms with Gasteiger partial charge in [-0.1, -0.05) is 13.3 Å². The molecule has 2 aliphatic carbocycles. The molecule has 0 aliphatic heterocycles. The van der Waals surface area contributed by atoms with Gasteiger partial charge in [0.25, 0.3) is 0 Å². The van der Waals surface area contributed by atoms with Crippen LogP contribution in [0.15, 0.2) is 0 Å². The van der Waals surface area contributed by atoms with Gasteiger partial charge in [0.1, 0.15) is 0 Å². The number of halogens is 1. The highest BCUT2D eigenvalue weighted by Crippen LogP contribution is 2.32. The van der Waals surface area contributed by atoms with Crippen LogP contribution in [0.4, 0.5) is 0 Å². The van der Waals surface area contributed by atoms with Gasteiger partial charge in [-0.2, -0.15) is 0 Å². The summed E-state index contributed by atoms with van der Waals surface area (Å²) >= 11 is 0. The Labute approximate surface area is 111 Å². The molecule has 17 heavy (non-hydrogen) atoms. The van der Waals surface area contributed by atoms with Crippen LogP contribution in [0.3, 0.4) is 0 Å². The van der Waals surface area contributed by atoms with Crippen molar-refractivity contribution in [3.8, 4) is 0 Å². The molecule has 0 radical (unpaired) electrons. The molecule has 2 rings (SSSR count). The molecule has 2 atom stereocenters. The first-order valence-corrected chi connectivity index (χ1v) is 6.78. The van der Waals surface area contributed by atoms with Gasteiger partial charge < -0.3 is 10.6 Å².